The van der Waals surface area contributed by atoms with Gasteiger partial charge in [0.25, 0.3) is 5.69 Å². The fourth-order valence-electron chi connectivity index (χ4n) is 3.15. The Kier molecular flexibility index (Phi) is 5.21. The van der Waals surface area contributed by atoms with Crippen molar-refractivity contribution >= 4 is 17.6 Å². The molecule has 8 nitrogen and oxygen atoms in total. The van der Waals surface area contributed by atoms with E-state index in [-0.39, 0.29) is 18.5 Å². The summed E-state index contributed by atoms with van der Waals surface area (Å²) in [6.07, 6.45) is -0.683. The Morgan fingerprint density at radius 3 is 2.00 bits per heavy atom. The molecule has 0 bridgehead atoms. The Hall–Kier alpha value is -3.16. The third kappa shape index (κ3) is 3.85. The number of nitrogens with zero attached hydrogens (tertiary/aromatic N) is 1. The lowest BCUT2D eigenvalue weighted by Crippen LogP contribution is -2.27. The standard InChI is InChI=1S/C17H18N2O6/c1-9-12(7-15(20)21)17(13(8-16(22)23)10(2)18-9)11-5-3-4-6-14(11)19(24)25/h3-6,17-18H,7-8H2,1-2H3,(H,20,21)(H,22,23). The lowest BCUT2D eigenvalue weighted by Gasteiger charge is -2.31. The molecular formula is C17H18N2O6. The number of rotatable bonds is 6. The van der Waals surface area contributed by atoms with Gasteiger partial charge in [-0.1, -0.05) is 18.2 Å². The molecule has 0 amide bonds. The average molecular weight is 346 g/mol. The summed E-state index contributed by atoms with van der Waals surface area (Å²) in [6, 6.07) is 6.01. The number of dihydropyridines is 1. The Morgan fingerprint density at radius 1 is 1.08 bits per heavy atom. The maximum absolute atomic E-state index is 11.4. The Balaban J connectivity index is 2.70. The minimum atomic E-state index is -1.09. The normalized spacial score (nSPS) is 15.1. The minimum absolute atomic E-state index is 0.166. The highest BCUT2D eigenvalue weighted by Crippen LogP contribution is 2.43. The average Bonchev–Trinajstić information content (AvgIpc) is 2.51. The zero-order valence-corrected chi connectivity index (χ0v) is 13.8. The van der Waals surface area contributed by atoms with Gasteiger partial charge in [-0.25, -0.2) is 0 Å². The van der Waals surface area contributed by atoms with Crippen LogP contribution in [0.1, 0.15) is 38.2 Å². The molecule has 8 heteroatoms. The summed E-state index contributed by atoms with van der Waals surface area (Å²) in [7, 11) is 0. The first-order valence-corrected chi connectivity index (χ1v) is 7.55. The van der Waals surface area contributed by atoms with Gasteiger partial charge < -0.3 is 15.5 Å². The summed E-state index contributed by atoms with van der Waals surface area (Å²) in [6.45, 7) is 3.36. The molecule has 1 heterocycles. The van der Waals surface area contributed by atoms with E-state index in [2.05, 4.69) is 5.32 Å². The third-order valence-electron chi connectivity index (χ3n) is 4.16. The van der Waals surface area contributed by atoms with Gasteiger partial charge in [0, 0.05) is 28.9 Å². The second kappa shape index (κ2) is 7.16. The highest BCUT2D eigenvalue weighted by molar-refractivity contribution is 5.75. The van der Waals surface area contributed by atoms with Crippen molar-refractivity contribution in [3.8, 4) is 0 Å². The second-order valence-electron chi connectivity index (χ2n) is 5.82. The van der Waals surface area contributed by atoms with Crippen LogP contribution in [0.2, 0.25) is 0 Å². The van der Waals surface area contributed by atoms with E-state index in [0.29, 0.717) is 28.1 Å². The van der Waals surface area contributed by atoms with Crippen LogP contribution in [0.4, 0.5) is 5.69 Å². The Labute approximate surface area is 143 Å². The molecule has 0 radical (unpaired) electrons. The number of hydrogen-bond donors (Lipinski definition) is 3. The molecule has 1 aromatic carbocycles. The van der Waals surface area contributed by atoms with Gasteiger partial charge in [-0.2, -0.15) is 0 Å². The fraction of sp³-hybridized carbons (Fsp3) is 0.294. The highest BCUT2D eigenvalue weighted by atomic mass is 16.6. The number of carboxylic acids is 2. The molecule has 25 heavy (non-hydrogen) atoms. The number of benzene rings is 1. The summed E-state index contributed by atoms with van der Waals surface area (Å²) in [5.41, 5.74) is 2.10. The second-order valence-corrected chi connectivity index (χ2v) is 5.82. The third-order valence-corrected chi connectivity index (χ3v) is 4.16. The summed E-state index contributed by atoms with van der Waals surface area (Å²) in [4.78, 5) is 33.4. The molecule has 0 spiro atoms. The quantitative estimate of drug-likeness (QED) is 0.533. The van der Waals surface area contributed by atoms with Crippen LogP contribution in [0.15, 0.2) is 46.8 Å². The highest BCUT2D eigenvalue weighted by Gasteiger charge is 2.34. The fourth-order valence-corrected chi connectivity index (χ4v) is 3.15. The monoisotopic (exact) mass is 346 g/mol. The molecule has 0 unspecified atom stereocenters. The molecule has 0 aliphatic carbocycles. The number of para-hydroxylation sites is 1. The number of carbonyl (C=O) groups is 2. The van der Waals surface area contributed by atoms with Gasteiger partial charge in [0.15, 0.2) is 0 Å². The van der Waals surface area contributed by atoms with Crippen molar-refractivity contribution in [3.63, 3.8) is 0 Å². The first-order valence-electron chi connectivity index (χ1n) is 7.55. The molecule has 0 fully saturated rings. The van der Waals surface area contributed by atoms with E-state index < -0.39 is 22.8 Å². The minimum Gasteiger partial charge on any atom is -0.481 e. The molecule has 0 aromatic heterocycles. The van der Waals surface area contributed by atoms with Crippen LogP contribution in [0.25, 0.3) is 0 Å². The summed E-state index contributed by atoms with van der Waals surface area (Å²) < 4.78 is 0. The van der Waals surface area contributed by atoms with Gasteiger partial charge in [0.2, 0.25) is 0 Å². The maximum Gasteiger partial charge on any atom is 0.307 e. The zero-order chi connectivity index (χ0) is 18.7. The van der Waals surface area contributed by atoms with Gasteiger partial charge in [-0.05, 0) is 25.0 Å². The molecule has 1 aliphatic heterocycles. The van der Waals surface area contributed by atoms with Gasteiger partial charge in [-0.3, -0.25) is 19.7 Å². The molecular weight excluding hydrogens is 328 g/mol. The first-order chi connectivity index (χ1) is 11.7. The molecule has 0 saturated carbocycles. The van der Waals surface area contributed by atoms with Crippen LogP contribution >= 0.6 is 0 Å². The van der Waals surface area contributed by atoms with Crippen molar-refractivity contribution in [2.45, 2.75) is 32.6 Å². The van der Waals surface area contributed by atoms with Crippen molar-refractivity contribution in [1.29, 1.82) is 0 Å². The molecule has 0 atom stereocenters. The number of nitro groups is 1. The van der Waals surface area contributed by atoms with Crippen LogP contribution in [-0.2, 0) is 9.59 Å². The summed E-state index contributed by atoms with van der Waals surface area (Å²) in [5, 5.41) is 32.9. The predicted octanol–water partition coefficient (Wildman–Crippen LogP) is 2.78. The number of carboxylic acid groups (broad SMARTS) is 2. The van der Waals surface area contributed by atoms with Crippen molar-refractivity contribution in [3.05, 3.63) is 62.5 Å². The summed E-state index contributed by atoms with van der Waals surface area (Å²) >= 11 is 0. The van der Waals surface area contributed by atoms with Crippen molar-refractivity contribution in [2.75, 3.05) is 0 Å². The Bertz CT molecular complexity index is 771. The van der Waals surface area contributed by atoms with E-state index in [1.165, 1.54) is 12.1 Å². The van der Waals surface area contributed by atoms with Crippen molar-refractivity contribution < 1.29 is 24.7 Å². The van der Waals surface area contributed by atoms with Crippen molar-refractivity contribution in [1.82, 2.24) is 5.32 Å². The largest absolute Gasteiger partial charge is 0.481 e. The maximum atomic E-state index is 11.4. The number of aliphatic carboxylic acids is 2. The molecule has 0 saturated heterocycles. The van der Waals surface area contributed by atoms with Crippen LogP contribution in [0, 0.1) is 10.1 Å². The van der Waals surface area contributed by atoms with Gasteiger partial charge in [0.1, 0.15) is 0 Å². The van der Waals surface area contributed by atoms with Crippen molar-refractivity contribution in [2.24, 2.45) is 0 Å². The zero-order valence-electron chi connectivity index (χ0n) is 13.8. The number of allylic oxidation sites excluding steroid dienone is 2. The van der Waals surface area contributed by atoms with Gasteiger partial charge in [-0.15, -0.1) is 0 Å². The van der Waals surface area contributed by atoms with Gasteiger partial charge in [0.05, 0.1) is 17.8 Å². The van der Waals surface area contributed by atoms with Crippen LogP contribution < -0.4 is 5.32 Å². The Morgan fingerprint density at radius 2 is 1.56 bits per heavy atom. The molecule has 132 valence electrons. The SMILES string of the molecule is CC1=C(CC(=O)O)C(c2ccccc2[N+](=O)[O-])C(CC(=O)O)=C(C)N1. The number of hydrogen-bond acceptors (Lipinski definition) is 5. The van der Waals surface area contributed by atoms with E-state index in [0.717, 1.165) is 0 Å². The number of nitro benzene ring substituents is 1. The smallest absolute Gasteiger partial charge is 0.307 e. The van der Waals surface area contributed by atoms with Crippen LogP contribution in [0.5, 0.6) is 0 Å². The van der Waals surface area contributed by atoms with Crippen LogP contribution in [0.3, 0.4) is 0 Å². The molecule has 1 aliphatic rings. The molecule has 1 aromatic rings. The predicted molar refractivity (Wildman–Crippen MR) is 88.9 cm³/mol. The topological polar surface area (TPSA) is 130 Å². The van der Waals surface area contributed by atoms with E-state index in [4.69, 9.17) is 0 Å². The van der Waals surface area contributed by atoms with E-state index in [9.17, 15) is 29.9 Å². The lowest BCUT2D eigenvalue weighted by molar-refractivity contribution is -0.385. The van der Waals surface area contributed by atoms with Gasteiger partial charge >= 0.3 is 11.9 Å². The van der Waals surface area contributed by atoms with E-state index in [1.807, 2.05) is 0 Å². The van der Waals surface area contributed by atoms with E-state index in [1.54, 1.807) is 26.0 Å². The number of nitrogens with one attached hydrogen (secondary N) is 1. The molecule has 3 N–H and O–H groups in total. The summed E-state index contributed by atoms with van der Waals surface area (Å²) in [5.74, 6) is -2.95. The lowest BCUT2D eigenvalue weighted by atomic mass is 9.77. The van der Waals surface area contributed by atoms with Crippen LogP contribution in [-0.4, -0.2) is 27.1 Å². The molecule has 2 rings (SSSR count). The first kappa shape index (κ1) is 18.2. The van der Waals surface area contributed by atoms with E-state index >= 15 is 0 Å².